The highest BCUT2D eigenvalue weighted by Gasteiger charge is 2.36. The molecule has 0 spiro atoms. The standard InChI is InChI=1S/C11H17N3O.2ClH/c1-11(4-5-11)14-7-9(15)8-2-3-10(12)13-6-8;;/h2-3,6,9,14-15H,4-5,7H2,1H3,(H2,12,13);2*1H/t9-;;/m0../s1. The zero-order valence-electron chi connectivity index (χ0n) is 9.72. The van der Waals surface area contributed by atoms with E-state index >= 15 is 0 Å². The van der Waals surface area contributed by atoms with Gasteiger partial charge in [0.15, 0.2) is 0 Å². The number of aliphatic hydroxyl groups is 1. The number of nitrogens with two attached hydrogens (primary N) is 1. The number of hydrogen-bond donors (Lipinski definition) is 3. The Morgan fingerprint density at radius 2 is 2.12 bits per heavy atom. The van der Waals surface area contributed by atoms with Gasteiger partial charge in [-0.1, -0.05) is 6.07 Å². The summed E-state index contributed by atoms with van der Waals surface area (Å²) in [5, 5.41) is 13.2. The van der Waals surface area contributed by atoms with Gasteiger partial charge in [-0.15, -0.1) is 24.8 Å². The van der Waals surface area contributed by atoms with Crippen LogP contribution in [-0.2, 0) is 0 Å². The molecule has 4 N–H and O–H groups in total. The quantitative estimate of drug-likeness (QED) is 0.784. The van der Waals surface area contributed by atoms with Crippen LogP contribution in [0.4, 0.5) is 5.82 Å². The lowest BCUT2D eigenvalue weighted by atomic mass is 10.1. The molecule has 1 atom stereocenters. The Morgan fingerprint density at radius 1 is 1.47 bits per heavy atom. The molecule has 6 heteroatoms. The van der Waals surface area contributed by atoms with Gasteiger partial charge < -0.3 is 16.2 Å². The second-order valence-electron chi connectivity index (χ2n) is 4.47. The third-order valence-electron chi connectivity index (χ3n) is 2.92. The molecule has 0 bridgehead atoms. The first-order chi connectivity index (χ1) is 7.09. The Labute approximate surface area is 114 Å². The van der Waals surface area contributed by atoms with Crippen molar-refractivity contribution in [1.82, 2.24) is 10.3 Å². The molecule has 0 aliphatic heterocycles. The summed E-state index contributed by atoms with van der Waals surface area (Å²) in [7, 11) is 0. The van der Waals surface area contributed by atoms with Crippen molar-refractivity contribution in [2.75, 3.05) is 12.3 Å². The van der Waals surface area contributed by atoms with E-state index < -0.39 is 6.10 Å². The molecule has 2 rings (SSSR count). The Hall–Kier alpha value is -0.550. The average Bonchev–Trinajstić information content (AvgIpc) is 2.95. The number of β-amino-alcohol motifs (C(OH)–C–C–N with tert-alkyl or cyclic N) is 1. The summed E-state index contributed by atoms with van der Waals surface area (Å²) in [6.45, 7) is 2.74. The first kappa shape index (κ1) is 16.4. The zero-order chi connectivity index (χ0) is 10.9. The van der Waals surface area contributed by atoms with Crippen molar-refractivity contribution in [2.24, 2.45) is 0 Å². The van der Waals surface area contributed by atoms with Gasteiger partial charge in [-0.05, 0) is 25.8 Å². The van der Waals surface area contributed by atoms with Gasteiger partial charge in [0, 0.05) is 23.8 Å². The van der Waals surface area contributed by atoms with E-state index in [-0.39, 0.29) is 30.4 Å². The second-order valence-corrected chi connectivity index (χ2v) is 4.47. The summed E-state index contributed by atoms with van der Waals surface area (Å²) in [6.07, 6.45) is 3.51. The number of hydrogen-bond acceptors (Lipinski definition) is 4. The molecule has 1 heterocycles. The van der Waals surface area contributed by atoms with Gasteiger partial charge in [0.1, 0.15) is 5.82 Å². The van der Waals surface area contributed by atoms with Gasteiger partial charge in [-0.25, -0.2) is 4.98 Å². The van der Waals surface area contributed by atoms with Gasteiger partial charge in [-0.3, -0.25) is 0 Å². The molecular weight excluding hydrogens is 261 g/mol. The van der Waals surface area contributed by atoms with Crippen LogP contribution in [0.15, 0.2) is 18.3 Å². The Bertz CT molecular complexity index is 341. The molecule has 0 unspecified atom stereocenters. The zero-order valence-corrected chi connectivity index (χ0v) is 11.4. The van der Waals surface area contributed by atoms with Crippen LogP contribution in [-0.4, -0.2) is 22.2 Å². The maximum atomic E-state index is 9.86. The number of pyridine rings is 1. The summed E-state index contributed by atoms with van der Waals surface area (Å²) in [5.41, 5.74) is 6.53. The first-order valence-corrected chi connectivity index (χ1v) is 5.24. The largest absolute Gasteiger partial charge is 0.387 e. The van der Waals surface area contributed by atoms with Gasteiger partial charge in [-0.2, -0.15) is 0 Å². The van der Waals surface area contributed by atoms with E-state index in [0.29, 0.717) is 12.4 Å². The molecule has 0 saturated heterocycles. The minimum Gasteiger partial charge on any atom is -0.387 e. The van der Waals surface area contributed by atoms with Crippen molar-refractivity contribution >= 4 is 30.6 Å². The van der Waals surface area contributed by atoms with Gasteiger partial charge >= 0.3 is 0 Å². The highest BCUT2D eigenvalue weighted by Crippen LogP contribution is 2.34. The minimum absolute atomic E-state index is 0. The van der Waals surface area contributed by atoms with Crippen LogP contribution < -0.4 is 11.1 Å². The fourth-order valence-corrected chi connectivity index (χ4v) is 1.44. The van der Waals surface area contributed by atoms with E-state index in [9.17, 15) is 5.11 Å². The number of rotatable bonds is 4. The molecule has 4 nitrogen and oxygen atoms in total. The fraction of sp³-hybridized carbons (Fsp3) is 0.545. The normalized spacial score (nSPS) is 17.5. The number of halogens is 2. The van der Waals surface area contributed by atoms with E-state index in [1.807, 2.05) is 6.07 Å². The van der Waals surface area contributed by atoms with Crippen LogP contribution in [0.2, 0.25) is 0 Å². The van der Waals surface area contributed by atoms with Crippen molar-refractivity contribution in [3.8, 4) is 0 Å². The van der Waals surface area contributed by atoms with E-state index in [1.54, 1.807) is 12.3 Å². The highest BCUT2D eigenvalue weighted by atomic mass is 35.5. The van der Waals surface area contributed by atoms with Crippen molar-refractivity contribution in [2.45, 2.75) is 31.4 Å². The predicted octanol–water partition coefficient (Wildman–Crippen LogP) is 1.68. The molecule has 0 amide bonds. The maximum Gasteiger partial charge on any atom is 0.123 e. The van der Waals surface area contributed by atoms with Crippen molar-refractivity contribution in [1.29, 1.82) is 0 Å². The molecule has 0 aromatic carbocycles. The lowest BCUT2D eigenvalue weighted by molar-refractivity contribution is 0.169. The van der Waals surface area contributed by atoms with E-state index in [2.05, 4.69) is 17.2 Å². The third kappa shape index (κ3) is 4.68. The molecular formula is C11H19Cl2N3O. The van der Waals surface area contributed by atoms with E-state index in [0.717, 1.165) is 5.56 Å². The monoisotopic (exact) mass is 279 g/mol. The molecule has 1 saturated carbocycles. The molecule has 0 radical (unpaired) electrons. The summed E-state index contributed by atoms with van der Waals surface area (Å²) < 4.78 is 0. The predicted molar refractivity (Wildman–Crippen MR) is 73.7 cm³/mol. The van der Waals surface area contributed by atoms with Crippen LogP contribution in [0.3, 0.4) is 0 Å². The Morgan fingerprint density at radius 3 is 2.59 bits per heavy atom. The summed E-state index contributed by atoms with van der Waals surface area (Å²) in [5.74, 6) is 0.480. The minimum atomic E-state index is -0.504. The van der Waals surface area contributed by atoms with E-state index in [4.69, 9.17) is 5.73 Å². The van der Waals surface area contributed by atoms with Gasteiger partial charge in [0.05, 0.1) is 6.10 Å². The number of aliphatic hydroxyl groups excluding tert-OH is 1. The molecule has 1 aromatic heterocycles. The number of aromatic nitrogens is 1. The molecule has 98 valence electrons. The highest BCUT2D eigenvalue weighted by molar-refractivity contribution is 5.85. The van der Waals surface area contributed by atoms with Crippen LogP contribution in [0.5, 0.6) is 0 Å². The lowest BCUT2D eigenvalue weighted by Gasteiger charge is -2.16. The summed E-state index contributed by atoms with van der Waals surface area (Å²) >= 11 is 0. The van der Waals surface area contributed by atoms with Crippen molar-refractivity contribution < 1.29 is 5.11 Å². The smallest absolute Gasteiger partial charge is 0.123 e. The summed E-state index contributed by atoms with van der Waals surface area (Å²) in [4.78, 5) is 3.95. The van der Waals surface area contributed by atoms with Gasteiger partial charge in [0.2, 0.25) is 0 Å². The van der Waals surface area contributed by atoms with Gasteiger partial charge in [0.25, 0.3) is 0 Å². The summed E-state index contributed by atoms with van der Waals surface area (Å²) in [6, 6.07) is 3.52. The third-order valence-corrected chi connectivity index (χ3v) is 2.92. The first-order valence-electron chi connectivity index (χ1n) is 5.24. The fourth-order valence-electron chi connectivity index (χ4n) is 1.44. The maximum absolute atomic E-state index is 9.86. The number of nitrogens with zero attached hydrogens (tertiary/aromatic N) is 1. The number of nitrogens with one attached hydrogen (secondary N) is 1. The topological polar surface area (TPSA) is 71.2 Å². The number of nitrogen functional groups attached to an aromatic ring is 1. The van der Waals surface area contributed by atoms with Crippen LogP contribution >= 0.6 is 24.8 Å². The molecule has 1 aliphatic rings. The average molecular weight is 280 g/mol. The van der Waals surface area contributed by atoms with Crippen LogP contribution in [0.1, 0.15) is 31.4 Å². The lowest BCUT2D eigenvalue weighted by Crippen LogP contribution is -2.32. The molecule has 1 aromatic rings. The number of anilines is 1. The molecule has 1 fully saturated rings. The second kappa shape index (κ2) is 6.40. The van der Waals surface area contributed by atoms with Crippen LogP contribution in [0, 0.1) is 0 Å². The molecule has 1 aliphatic carbocycles. The SMILES string of the molecule is CC1(NC[C@H](O)c2ccc(N)nc2)CC1.Cl.Cl. The van der Waals surface area contributed by atoms with E-state index in [1.165, 1.54) is 12.8 Å². The van der Waals surface area contributed by atoms with Crippen LogP contribution in [0.25, 0.3) is 0 Å². The molecule has 17 heavy (non-hydrogen) atoms. The van der Waals surface area contributed by atoms with Crippen molar-refractivity contribution in [3.05, 3.63) is 23.9 Å². The Kier molecular flexibility index (Phi) is 6.19. The van der Waals surface area contributed by atoms with Crippen molar-refractivity contribution in [3.63, 3.8) is 0 Å². The Balaban J connectivity index is 0.00000128.